The van der Waals surface area contributed by atoms with Crippen LogP contribution in [0.4, 0.5) is 11.4 Å². The number of rotatable bonds is 3. The number of benzene rings is 2. The number of carbonyl (C=O) groups excluding carboxylic acids is 1. The molecule has 2 aromatic rings. The van der Waals surface area contributed by atoms with Crippen LogP contribution in [0, 0.1) is 0 Å². The number of nitrogens with zero attached hydrogens (tertiary/aromatic N) is 2. The first kappa shape index (κ1) is 14.0. The Labute approximate surface area is 134 Å². The Morgan fingerprint density at radius 2 is 2.10 bits per heavy atom. The number of anilines is 1. The SMILES string of the molecule is O=C1C(/C=N\Nc2cccc(Cl)c2)=Nc2ccc(Br)cc21. The standard InChI is InChI=1S/C15H9BrClN3O/c16-9-4-5-13-12(6-9)15(21)14(19-13)8-18-20-11-3-1-2-10(17)7-11/h1-8,20H/b18-8-. The van der Waals surface area contributed by atoms with Crippen molar-refractivity contribution in [2.45, 2.75) is 0 Å². The van der Waals surface area contributed by atoms with Gasteiger partial charge in [-0.1, -0.05) is 33.6 Å². The van der Waals surface area contributed by atoms with Crippen LogP contribution in [-0.2, 0) is 0 Å². The van der Waals surface area contributed by atoms with Gasteiger partial charge in [0, 0.05) is 9.50 Å². The number of hydrogen-bond acceptors (Lipinski definition) is 4. The fraction of sp³-hybridized carbons (Fsp3) is 0. The van der Waals surface area contributed by atoms with E-state index in [1.54, 1.807) is 24.3 Å². The first-order valence-corrected chi connectivity index (χ1v) is 7.28. The molecule has 0 unspecified atom stereocenters. The minimum atomic E-state index is -0.136. The van der Waals surface area contributed by atoms with Crippen LogP contribution in [0.2, 0.25) is 5.02 Å². The van der Waals surface area contributed by atoms with E-state index in [0.29, 0.717) is 22.0 Å². The number of halogens is 2. The van der Waals surface area contributed by atoms with Gasteiger partial charge in [-0.2, -0.15) is 5.10 Å². The number of Topliss-reactive ketones (excluding diaryl/α,β-unsaturated/α-hetero) is 1. The van der Waals surface area contributed by atoms with Gasteiger partial charge in [0.2, 0.25) is 5.78 Å². The topological polar surface area (TPSA) is 53.8 Å². The molecule has 0 fully saturated rings. The van der Waals surface area contributed by atoms with E-state index in [4.69, 9.17) is 11.6 Å². The van der Waals surface area contributed by atoms with Crippen molar-refractivity contribution in [3.8, 4) is 0 Å². The number of fused-ring (bicyclic) bond motifs is 1. The van der Waals surface area contributed by atoms with Crippen molar-refractivity contribution in [2.24, 2.45) is 10.1 Å². The van der Waals surface area contributed by atoms with E-state index in [9.17, 15) is 4.79 Å². The lowest BCUT2D eigenvalue weighted by atomic mass is 10.1. The summed E-state index contributed by atoms with van der Waals surface area (Å²) in [4.78, 5) is 16.4. The zero-order valence-corrected chi connectivity index (χ0v) is 13.0. The van der Waals surface area contributed by atoms with Crippen LogP contribution in [-0.4, -0.2) is 17.7 Å². The highest BCUT2D eigenvalue weighted by atomic mass is 79.9. The summed E-state index contributed by atoms with van der Waals surface area (Å²) in [5.41, 5.74) is 5.09. The summed E-state index contributed by atoms with van der Waals surface area (Å²) in [6.07, 6.45) is 1.41. The molecule has 104 valence electrons. The zero-order chi connectivity index (χ0) is 14.8. The molecule has 21 heavy (non-hydrogen) atoms. The average Bonchev–Trinajstić information content (AvgIpc) is 2.76. The second-order valence-corrected chi connectivity index (χ2v) is 5.72. The predicted molar refractivity (Wildman–Crippen MR) is 89.1 cm³/mol. The van der Waals surface area contributed by atoms with Crippen LogP contribution in [0.15, 0.2) is 57.0 Å². The fourth-order valence-corrected chi connectivity index (χ4v) is 2.47. The average molecular weight is 363 g/mol. The molecule has 0 saturated heterocycles. The van der Waals surface area contributed by atoms with Gasteiger partial charge in [-0.3, -0.25) is 10.2 Å². The Balaban J connectivity index is 1.75. The monoisotopic (exact) mass is 361 g/mol. The molecule has 1 aliphatic heterocycles. The Bertz CT molecular complexity index is 786. The summed E-state index contributed by atoms with van der Waals surface area (Å²) in [6.45, 7) is 0. The number of nitrogens with one attached hydrogen (secondary N) is 1. The molecule has 1 heterocycles. The zero-order valence-electron chi connectivity index (χ0n) is 10.7. The first-order chi connectivity index (χ1) is 10.1. The van der Waals surface area contributed by atoms with Crippen LogP contribution >= 0.6 is 27.5 Å². The highest BCUT2D eigenvalue weighted by Crippen LogP contribution is 2.29. The second kappa shape index (κ2) is 5.79. The van der Waals surface area contributed by atoms with Gasteiger partial charge in [0.05, 0.1) is 23.2 Å². The van der Waals surface area contributed by atoms with Crippen molar-refractivity contribution >= 4 is 56.6 Å². The smallest absolute Gasteiger partial charge is 0.215 e. The third-order valence-corrected chi connectivity index (χ3v) is 3.61. The molecule has 1 N–H and O–H groups in total. The molecule has 0 bridgehead atoms. The first-order valence-electron chi connectivity index (χ1n) is 6.11. The second-order valence-electron chi connectivity index (χ2n) is 4.37. The lowest BCUT2D eigenvalue weighted by Gasteiger charge is -1.99. The fourth-order valence-electron chi connectivity index (χ4n) is 1.92. The van der Waals surface area contributed by atoms with Gasteiger partial charge >= 0.3 is 0 Å². The van der Waals surface area contributed by atoms with Crippen molar-refractivity contribution in [1.82, 2.24) is 0 Å². The highest BCUT2D eigenvalue weighted by molar-refractivity contribution is 9.10. The van der Waals surface area contributed by atoms with Gasteiger partial charge in [-0.25, -0.2) is 4.99 Å². The van der Waals surface area contributed by atoms with E-state index in [1.807, 2.05) is 18.2 Å². The van der Waals surface area contributed by atoms with Crippen LogP contribution < -0.4 is 5.43 Å². The highest BCUT2D eigenvalue weighted by Gasteiger charge is 2.23. The molecule has 0 amide bonds. The number of ketones is 1. The number of hydrogen-bond donors (Lipinski definition) is 1. The summed E-state index contributed by atoms with van der Waals surface area (Å²) in [5.74, 6) is -0.136. The molecule has 0 spiro atoms. The van der Waals surface area contributed by atoms with E-state index >= 15 is 0 Å². The molecule has 0 atom stereocenters. The maximum atomic E-state index is 12.2. The number of aliphatic imine (C=N–C) groups is 1. The molecule has 0 saturated carbocycles. The Morgan fingerprint density at radius 1 is 1.24 bits per heavy atom. The summed E-state index contributed by atoms with van der Waals surface area (Å²) in [7, 11) is 0. The molecular formula is C15H9BrClN3O. The molecule has 0 radical (unpaired) electrons. The quantitative estimate of drug-likeness (QED) is 0.647. The van der Waals surface area contributed by atoms with Crippen LogP contribution in [0.3, 0.4) is 0 Å². The van der Waals surface area contributed by atoms with E-state index in [1.165, 1.54) is 6.21 Å². The lowest BCUT2D eigenvalue weighted by molar-refractivity contribution is 0.107. The summed E-state index contributed by atoms with van der Waals surface area (Å²) in [6, 6.07) is 12.5. The number of carbonyl (C=O) groups is 1. The lowest BCUT2D eigenvalue weighted by Crippen LogP contribution is -2.11. The molecule has 3 rings (SSSR count). The minimum absolute atomic E-state index is 0.136. The molecule has 0 aliphatic carbocycles. The third kappa shape index (κ3) is 3.04. The van der Waals surface area contributed by atoms with Gasteiger partial charge in [0.15, 0.2) is 0 Å². The van der Waals surface area contributed by atoms with Crippen molar-refractivity contribution < 1.29 is 4.79 Å². The van der Waals surface area contributed by atoms with Crippen LogP contribution in [0.5, 0.6) is 0 Å². The summed E-state index contributed by atoms with van der Waals surface area (Å²) in [5, 5.41) is 4.64. The molecule has 0 aromatic heterocycles. The maximum absolute atomic E-state index is 12.2. The molecular weight excluding hydrogens is 354 g/mol. The van der Waals surface area contributed by atoms with Gasteiger partial charge in [-0.15, -0.1) is 0 Å². The van der Waals surface area contributed by atoms with Crippen LogP contribution in [0.25, 0.3) is 0 Å². The van der Waals surface area contributed by atoms with Gasteiger partial charge in [-0.05, 0) is 36.4 Å². The van der Waals surface area contributed by atoms with E-state index in [2.05, 4.69) is 31.4 Å². The maximum Gasteiger partial charge on any atom is 0.215 e. The van der Waals surface area contributed by atoms with Crippen molar-refractivity contribution in [1.29, 1.82) is 0 Å². The normalized spacial score (nSPS) is 13.4. The summed E-state index contributed by atoms with van der Waals surface area (Å²) < 4.78 is 0.847. The number of hydrazone groups is 1. The molecule has 2 aromatic carbocycles. The summed E-state index contributed by atoms with van der Waals surface area (Å²) >= 11 is 9.22. The predicted octanol–water partition coefficient (Wildman–Crippen LogP) is 4.47. The van der Waals surface area contributed by atoms with E-state index in [-0.39, 0.29) is 5.78 Å². The Kier molecular flexibility index (Phi) is 3.86. The van der Waals surface area contributed by atoms with Crippen molar-refractivity contribution in [3.05, 3.63) is 57.5 Å². The van der Waals surface area contributed by atoms with Crippen LogP contribution in [0.1, 0.15) is 10.4 Å². The van der Waals surface area contributed by atoms with E-state index in [0.717, 1.165) is 10.2 Å². The molecule has 6 heteroatoms. The Morgan fingerprint density at radius 3 is 2.90 bits per heavy atom. The molecule has 1 aliphatic rings. The largest absolute Gasteiger partial charge is 0.287 e. The minimum Gasteiger partial charge on any atom is -0.287 e. The Hall–Kier alpha value is -1.98. The van der Waals surface area contributed by atoms with E-state index < -0.39 is 0 Å². The van der Waals surface area contributed by atoms with Gasteiger partial charge in [0.1, 0.15) is 5.71 Å². The van der Waals surface area contributed by atoms with Crippen molar-refractivity contribution in [3.63, 3.8) is 0 Å². The van der Waals surface area contributed by atoms with Gasteiger partial charge in [0.25, 0.3) is 0 Å². The molecule has 4 nitrogen and oxygen atoms in total. The van der Waals surface area contributed by atoms with Crippen molar-refractivity contribution in [2.75, 3.05) is 5.43 Å². The van der Waals surface area contributed by atoms with Gasteiger partial charge < -0.3 is 0 Å². The third-order valence-electron chi connectivity index (χ3n) is 2.88.